The van der Waals surface area contributed by atoms with Gasteiger partial charge in [0.15, 0.2) is 5.96 Å². The van der Waals surface area contributed by atoms with Gasteiger partial charge in [-0.15, -0.1) is 0 Å². The number of aliphatic imine (C=N–C) groups is 1. The third-order valence-electron chi connectivity index (χ3n) is 4.09. The summed E-state index contributed by atoms with van der Waals surface area (Å²) in [4.78, 5) is 22.2. The maximum atomic E-state index is 11.7. The fourth-order valence-corrected chi connectivity index (χ4v) is 2.69. The monoisotopic (exact) mass is 317 g/mol. The van der Waals surface area contributed by atoms with Gasteiger partial charge in [-0.25, -0.2) is 0 Å². The number of hydrogen-bond acceptors (Lipinski definition) is 3. The largest absolute Gasteiger partial charge is 0.356 e. The van der Waals surface area contributed by atoms with Crippen molar-refractivity contribution in [1.29, 1.82) is 0 Å². The highest BCUT2D eigenvalue weighted by Gasteiger charge is 2.25. The summed E-state index contributed by atoms with van der Waals surface area (Å²) >= 11 is 0. The Morgan fingerprint density at radius 1 is 1.48 bits per heavy atom. The number of rotatable bonds is 5. The number of carbonyl (C=O) groups excluding carboxylic acids is 1. The van der Waals surface area contributed by atoms with E-state index in [2.05, 4.69) is 26.7 Å². The van der Waals surface area contributed by atoms with Gasteiger partial charge in [0.1, 0.15) is 0 Å². The molecule has 2 heterocycles. The van der Waals surface area contributed by atoms with E-state index in [9.17, 15) is 4.79 Å². The first-order valence-electron chi connectivity index (χ1n) is 8.29. The highest BCUT2D eigenvalue weighted by atomic mass is 16.2. The minimum absolute atomic E-state index is 0.226. The standard InChI is InChI=1S/C17H27N5O/c1-4-16(23)22-10-8-15(12-22)21-17(18-3)19-9-7-14-6-5-13(2)20-11-14/h5-6,11,15H,4,7-10,12H2,1-3H3,(H2,18,19,21). The van der Waals surface area contributed by atoms with Crippen molar-refractivity contribution in [1.82, 2.24) is 20.5 Å². The van der Waals surface area contributed by atoms with E-state index in [-0.39, 0.29) is 11.9 Å². The molecule has 0 spiro atoms. The van der Waals surface area contributed by atoms with Crippen molar-refractivity contribution in [2.24, 2.45) is 4.99 Å². The van der Waals surface area contributed by atoms with E-state index < -0.39 is 0 Å². The Kier molecular flexibility index (Phi) is 6.38. The van der Waals surface area contributed by atoms with Gasteiger partial charge in [-0.3, -0.25) is 14.8 Å². The van der Waals surface area contributed by atoms with E-state index in [1.807, 2.05) is 31.0 Å². The molecule has 1 atom stereocenters. The molecule has 0 aromatic carbocycles. The first kappa shape index (κ1) is 17.2. The first-order chi connectivity index (χ1) is 11.1. The van der Waals surface area contributed by atoms with Crippen LogP contribution in [0.5, 0.6) is 0 Å². The lowest BCUT2D eigenvalue weighted by Gasteiger charge is -2.18. The number of nitrogens with zero attached hydrogens (tertiary/aromatic N) is 3. The second-order valence-electron chi connectivity index (χ2n) is 5.88. The second kappa shape index (κ2) is 8.50. The van der Waals surface area contributed by atoms with Crippen LogP contribution < -0.4 is 10.6 Å². The van der Waals surface area contributed by atoms with E-state index in [0.29, 0.717) is 6.42 Å². The third-order valence-corrected chi connectivity index (χ3v) is 4.09. The molecule has 0 aliphatic carbocycles. The lowest BCUT2D eigenvalue weighted by molar-refractivity contribution is -0.129. The Morgan fingerprint density at radius 3 is 2.96 bits per heavy atom. The summed E-state index contributed by atoms with van der Waals surface area (Å²) in [6, 6.07) is 4.41. The minimum atomic E-state index is 0.226. The molecule has 1 aromatic heterocycles. The Morgan fingerprint density at radius 2 is 2.30 bits per heavy atom. The van der Waals surface area contributed by atoms with Crippen molar-refractivity contribution in [3.63, 3.8) is 0 Å². The summed E-state index contributed by atoms with van der Waals surface area (Å²) in [5.41, 5.74) is 2.24. The van der Waals surface area contributed by atoms with Crippen LogP contribution >= 0.6 is 0 Å². The van der Waals surface area contributed by atoms with E-state index >= 15 is 0 Å². The smallest absolute Gasteiger partial charge is 0.222 e. The average Bonchev–Trinajstić information content (AvgIpc) is 3.03. The van der Waals surface area contributed by atoms with Crippen LogP contribution in [0.4, 0.5) is 0 Å². The number of nitrogens with one attached hydrogen (secondary N) is 2. The quantitative estimate of drug-likeness (QED) is 0.630. The number of carbonyl (C=O) groups is 1. The molecule has 1 aliphatic rings. The van der Waals surface area contributed by atoms with Crippen molar-refractivity contribution in [3.8, 4) is 0 Å². The van der Waals surface area contributed by atoms with Crippen LogP contribution in [0.25, 0.3) is 0 Å². The molecule has 1 aromatic rings. The number of pyridine rings is 1. The van der Waals surface area contributed by atoms with Crippen LogP contribution in [0.1, 0.15) is 31.0 Å². The molecule has 6 heteroatoms. The minimum Gasteiger partial charge on any atom is -0.356 e. The molecule has 1 amide bonds. The van der Waals surface area contributed by atoms with Gasteiger partial charge in [0.25, 0.3) is 0 Å². The summed E-state index contributed by atoms with van der Waals surface area (Å²) in [6.07, 6.45) is 4.36. The maximum absolute atomic E-state index is 11.7. The highest BCUT2D eigenvalue weighted by molar-refractivity contribution is 5.80. The molecule has 1 saturated heterocycles. The molecule has 23 heavy (non-hydrogen) atoms. The number of amides is 1. The molecular formula is C17H27N5O. The molecule has 0 bridgehead atoms. The fourth-order valence-electron chi connectivity index (χ4n) is 2.69. The van der Waals surface area contributed by atoms with E-state index in [1.165, 1.54) is 5.56 Å². The molecule has 2 N–H and O–H groups in total. The van der Waals surface area contributed by atoms with Crippen LogP contribution in [-0.4, -0.2) is 54.5 Å². The maximum Gasteiger partial charge on any atom is 0.222 e. The van der Waals surface area contributed by atoms with E-state index in [4.69, 9.17) is 0 Å². The third kappa shape index (κ3) is 5.23. The predicted molar refractivity (Wildman–Crippen MR) is 92.5 cm³/mol. The lowest BCUT2D eigenvalue weighted by Crippen LogP contribution is -2.45. The summed E-state index contributed by atoms with van der Waals surface area (Å²) in [6.45, 7) is 6.28. The molecule has 1 fully saturated rings. The zero-order valence-electron chi connectivity index (χ0n) is 14.3. The number of aryl methyl sites for hydroxylation is 1. The van der Waals surface area contributed by atoms with E-state index in [0.717, 1.165) is 44.1 Å². The Bertz CT molecular complexity index is 540. The van der Waals surface area contributed by atoms with Crippen LogP contribution in [-0.2, 0) is 11.2 Å². The van der Waals surface area contributed by atoms with Crippen molar-refractivity contribution in [3.05, 3.63) is 29.6 Å². The number of aromatic nitrogens is 1. The number of guanidine groups is 1. The van der Waals surface area contributed by atoms with Gasteiger partial charge in [-0.1, -0.05) is 13.0 Å². The Hall–Kier alpha value is -2.11. The van der Waals surface area contributed by atoms with Gasteiger partial charge in [0.2, 0.25) is 5.91 Å². The summed E-state index contributed by atoms with van der Waals surface area (Å²) in [7, 11) is 1.77. The predicted octanol–water partition coefficient (Wildman–Crippen LogP) is 1.11. The molecular weight excluding hydrogens is 290 g/mol. The number of likely N-dealkylation sites (tertiary alicyclic amines) is 1. The molecule has 6 nitrogen and oxygen atoms in total. The van der Waals surface area contributed by atoms with Crippen molar-refractivity contribution < 1.29 is 4.79 Å². The summed E-state index contributed by atoms with van der Waals surface area (Å²) < 4.78 is 0. The van der Waals surface area contributed by atoms with Crippen molar-refractivity contribution in [2.45, 2.75) is 39.2 Å². The van der Waals surface area contributed by atoms with Crippen LogP contribution in [0, 0.1) is 6.92 Å². The molecule has 1 unspecified atom stereocenters. The molecule has 0 saturated carbocycles. The second-order valence-corrected chi connectivity index (χ2v) is 5.88. The fraction of sp³-hybridized carbons (Fsp3) is 0.588. The van der Waals surface area contributed by atoms with Crippen LogP contribution in [0.3, 0.4) is 0 Å². The van der Waals surface area contributed by atoms with Gasteiger partial charge >= 0.3 is 0 Å². The zero-order chi connectivity index (χ0) is 16.7. The first-order valence-corrected chi connectivity index (χ1v) is 8.29. The lowest BCUT2D eigenvalue weighted by atomic mass is 10.2. The van der Waals surface area contributed by atoms with Gasteiger partial charge < -0.3 is 15.5 Å². The zero-order valence-corrected chi connectivity index (χ0v) is 14.3. The summed E-state index contributed by atoms with van der Waals surface area (Å²) in [5.74, 6) is 1.02. The molecule has 0 radical (unpaired) electrons. The van der Waals surface area contributed by atoms with Gasteiger partial charge in [0, 0.05) is 51.0 Å². The Labute approximate surface area is 138 Å². The highest BCUT2D eigenvalue weighted by Crippen LogP contribution is 2.10. The van der Waals surface area contributed by atoms with Crippen molar-refractivity contribution in [2.75, 3.05) is 26.7 Å². The Balaban J connectivity index is 1.73. The normalized spacial score (nSPS) is 18.1. The molecule has 2 rings (SSSR count). The molecule has 1 aliphatic heterocycles. The van der Waals surface area contributed by atoms with Crippen LogP contribution in [0.15, 0.2) is 23.3 Å². The van der Waals surface area contributed by atoms with Gasteiger partial charge in [-0.05, 0) is 31.4 Å². The number of hydrogen-bond donors (Lipinski definition) is 2. The van der Waals surface area contributed by atoms with Crippen molar-refractivity contribution >= 4 is 11.9 Å². The van der Waals surface area contributed by atoms with E-state index in [1.54, 1.807) is 7.05 Å². The van der Waals surface area contributed by atoms with Gasteiger partial charge in [-0.2, -0.15) is 0 Å². The summed E-state index contributed by atoms with van der Waals surface area (Å²) in [5, 5.41) is 6.72. The SMILES string of the molecule is CCC(=O)N1CCC(NC(=NC)NCCc2ccc(C)nc2)C1. The average molecular weight is 317 g/mol. The van der Waals surface area contributed by atoms with Crippen LogP contribution in [0.2, 0.25) is 0 Å². The van der Waals surface area contributed by atoms with Gasteiger partial charge in [0.05, 0.1) is 0 Å². The molecule has 126 valence electrons. The topological polar surface area (TPSA) is 69.6 Å².